The molecule has 1 aromatic carbocycles. The number of likely N-dealkylation sites (N-methyl/N-ethyl adjacent to an activating group) is 1. The van der Waals surface area contributed by atoms with Gasteiger partial charge in [-0.25, -0.2) is 0 Å². The number of likely N-dealkylation sites (tertiary alicyclic amines) is 1. The van der Waals surface area contributed by atoms with Crippen molar-refractivity contribution >= 4 is 0 Å². The van der Waals surface area contributed by atoms with Crippen molar-refractivity contribution in [1.82, 2.24) is 4.90 Å². The summed E-state index contributed by atoms with van der Waals surface area (Å²) in [6, 6.07) is 6.78. The number of hydrogen-bond acceptors (Lipinski definition) is 4. The quantitative estimate of drug-likeness (QED) is 0.928. The van der Waals surface area contributed by atoms with Gasteiger partial charge in [-0.15, -0.1) is 0 Å². The van der Waals surface area contributed by atoms with Gasteiger partial charge in [-0.1, -0.05) is 6.07 Å². The van der Waals surface area contributed by atoms with Crippen LogP contribution in [0.5, 0.6) is 11.5 Å². The molecular formula is C18H27NO3. The van der Waals surface area contributed by atoms with Crippen LogP contribution in [0.3, 0.4) is 0 Å². The van der Waals surface area contributed by atoms with Crippen LogP contribution in [0.4, 0.5) is 0 Å². The predicted octanol–water partition coefficient (Wildman–Crippen LogP) is 2.58. The highest BCUT2D eigenvalue weighted by molar-refractivity contribution is 5.46. The molecule has 4 heteroatoms. The Balaban J connectivity index is 1.99. The molecule has 1 N–H and O–H groups in total. The summed E-state index contributed by atoms with van der Waals surface area (Å²) in [6.45, 7) is 3.72. The zero-order valence-corrected chi connectivity index (χ0v) is 13.8. The number of aliphatic hydroxyl groups is 1. The molecule has 0 spiro atoms. The molecule has 1 saturated carbocycles. The third kappa shape index (κ3) is 2.48. The van der Waals surface area contributed by atoms with Gasteiger partial charge in [0.1, 0.15) is 0 Å². The maximum absolute atomic E-state index is 10.1. The van der Waals surface area contributed by atoms with E-state index < -0.39 is 0 Å². The lowest BCUT2D eigenvalue weighted by Gasteiger charge is -2.43. The molecule has 3 rings (SSSR count). The van der Waals surface area contributed by atoms with Gasteiger partial charge < -0.3 is 19.5 Å². The first-order valence-electron chi connectivity index (χ1n) is 8.30. The van der Waals surface area contributed by atoms with E-state index >= 15 is 0 Å². The van der Waals surface area contributed by atoms with Gasteiger partial charge in [-0.05, 0) is 63.9 Å². The molecule has 1 saturated heterocycles. The number of methoxy groups -OCH3 is 1. The van der Waals surface area contributed by atoms with Gasteiger partial charge >= 0.3 is 0 Å². The van der Waals surface area contributed by atoms with Crippen LogP contribution in [0.25, 0.3) is 0 Å². The van der Waals surface area contributed by atoms with Crippen molar-refractivity contribution in [3.05, 3.63) is 23.8 Å². The average molecular weight is 305 g/mol. The van der Waals surface area contributed by atoms with E-state index in [1.165, 1.54) is 5.56 Å². The summed E-state index contributed by atoms with van der Waals surface area (Å²) in [5.74, 6) is 1.62. The molecule has 1 aromatic rings. The molecule has 122 valence electrons. The summed E-state index contributed by atoms with van der Waals surface area (Å²) in [6.07, 6.45) is 3.79. The second-order valence-electron chi connectivity index (χ2n) is 6.63. The van der Waals surface area contributed by atoms with Crippen LogP contribution >= 0.6 is 0 Å². The highest BCUT2D eigenvalue weighted by atomic mass is 16.5. The summed E-state index contributed by atoms with van der Waals surface area (Å²) in [5.41, 5.74) is 1.48. The van der Waals surface area contributed by atoms with Crippen molar-refractivity contribution in [3.63, 3.8) is 0 Å². The fourth-order valence-corrected chi connectivity index (χ4v) is 4.35. The van der Waals surface area contributed by atoms with E-state index in [2.05, 4.69) is 24.1 Å². The number of fused-ring (bicyclic) bond motifs is 1. The van der Waals surface area contributed by atoms with Crippen molar-refractivity contribution in [1.29, 1.82) is 0 Å². The second-order valence-corrected chi connectivity index (χ2v) is 6.63. The summed E-state index contributed by atoms with van der Waals surface area (Å²) in [5, 5.41) is 10.1. The Labute approximate surface area is 133 Å². The highest BCUT2D eigenvalue weighted by Gasteiger charge is 2.50. The number of ether oxygens (including phenoxy) is 2. The van der Waals surface area contributed by atoms with Crippen molar-refractivity contribution in [2.45, 2.75) is 50.2 Å². The topological polar surface area (TPSA) is 41.9 Å². The van der Waals surface area contributed by atoms with Gasteiger partial charge in [0.05, 0.1) is 19.8 Å². The Morgan fingerprint density at radius 2 is 2.14 bits per heavy atom. The normalized spacial score (nSPS) is 31.8. The van der Waals surface area contributed by atoms with Crippen LogP contribution in [-0.2, 0) is 5.41 Å². The van der Waals surface area contributed by atoms with Gasteiger partial charge in [0, 0.05) is 11.5 Å². The molecule has 4 nitrogen and oxygen atoms in total. The summed E-state index contributed by atoms with van der Waals surface area (Å²) < 4.78 is 11.2. The molecule has 3 atom stereocenters. The van der Waals surface area contributed by atoms with Gasteiger partial charge in [0.2, 0.25) is 0 Å². The molecule has 0 bridgehead atoms. The first kappa shape index (κ1) is 15.6. The second kappa shape index (κ2) is 6.09. The minimum absolute atomic E-state index is 0.145. The van der Waals surface area contributed by atoms with Crippen LogP contribution in [0.1, 0.15) is 38.2 Å². The van der Waals surface area contributed by atoms with E-state index in [0.717, 1.165) is 43.7 Å². The Bertz CT molecular complexity index is 533. The Morgan fingerprint density at radius 3 is 2.86 bits per heavy atom. The number of hydrogen-bond donors (Lipinski definition) is 1. The maximum atomic E-state index is 10.1. The van der Waals surface area contributed by atoms with Crippen LogP contribution in [0, 0.1) is 0 Å². The molecule has 1 heterocycles. The van der Waals surface area contributed by atoms with Crippen LogP contribution in [-0.4, -0.2) is 49.5 Å². The summed E-state index contributed by atoms with van der Waals surface area (Å²) >= 11 is 0. The lowest BCUT2D eigenvalue weighted by molar-refractivity contribution is 0.0566. The number of nitrogens with zero attached hydrogens (tertiary/aromatic N) is 1. The monoisotopic (exact) mass is 305 g/mol. The molecule has 0 radical (unpaired) electrons. The molecule has 0 unspecified atom stereocenters. The highest BCUT2D eigenvalue weighted by Crippen LogP contribution is 2.49. The van der Waals surface area contributed by atoms with E-state index in [9.17, 15) is 5.11 Å². The van der Waals surface area contributed by atoms with Crippen LogP contribution in [0.15, 0.2) is 18.2 Å². The number of rotatable bonds is 4. The largest absolute Gasteiger partial charge is 0.493 e. The third-order valence-corrected chi connectivity index (χ3v) is 5.54. The zero-order valence-electron chi connectivity index (χ0n) is 13.8. The number of aliphatic hydroxyl groups excluding tert-OH is 1. The van der Waals surface area contributed by atoms with Gasteiger partial charge in [0.15, 0.2) is 11.5 Å². The fraction of sp³-hybridized carbons (Fsp3) is 0.667. The lowest BCUT2D eigenvalue weighted by Crippen LogP contribution is -2.47. The standard InChI is InChI=1S/C18H27NO3/c1-4-22-16-11-13(5-6-15(16)21-3)18-8-7-14(20)12-17(18)19(2)10-9-18/h5-6,11,14,17,20H,4,7-10,12H2,1-3H3/t14-,17-,18-/m0/s1. The van der Waals surface area contributed by atoms with E-state index in [0.29, 0.717) is 12.6 Å². The van der Waals surface area contributed by atoms with Crippen LogP contribution in [0.2, 0.25) is 0 Å². The molecule has 1 aliphatic heterocycles. The van der Waals surface area contributed by atoms with E-state index in [1.54, 1.807) is 7.11 Å². The average Bonchev–Trinajstić information content (AvgIpc) is 2.86. The van der Waals surface area contributed by atoms with Gasteiger partial charge in [0.25, 0.3) is 0 Å². The van der Waals surface area contributed by atoms with Crippen molar-refractivity contribution in [2.24, 2.45) is 0 Å². The summed E-state index contributed by atoms with van der Waals surface area (Å²) in [7, 11) is 3.86. The first-order valence-corrected chi connectivity index (χ1v) is 8.30. The SMILES string of the molecule is CCOc1cc([C@@]23CC[C@H](O)C[C@@H]2N(C)CC3)ccc1OC. The van der Waals surface area contributed by atoms with Gasteiger partial charge in [-0.2, -0.15) is 0 Å². The Hall–Kier alpha value is -1.26. The molecule has 2 fully saturated rings. The Kier molecular flexibility index (Phi) is 4.33. The molecule has 1 aliphatic carbocycles. The summed E-state index contributed by atoms with van der Waals surface area (Å²) in [4.78, 5) is 2.41. The van der Waals surface area contributed by atoms with E-state index in [1.807, 2.05) is 13.0 Å². The maximum Gasteiger partial charge on any atom is 0.161 e. The minimum atomic E-state index is -0.164. The molecule has 22 heavy (non-hydrogen) atoms. The van der Waals surface area contributed by atoms with E-state index in [4.69, 9.17) is 9.47 Å². The third-order valence-electron chi connectivity index (χ3n) is 5.54. The lowest BCUT2D eigenvalue weighted by atomic mass is 9.65. The molecular weight excluding hydrogens is 278 g/mol. The first-order chi connectivity index (χ1) is 10.6. The number of benzene rings is 1. The zero-order chi connectivity index (χ0) is 15.7. The Morgan fingerprint density at radius 1 is 1.32 bits per heavy atom. The molecule has 0 aromatic heterocycles. The smallest absolute Gasteiger partial charge is 0.161 e. The van der Waals surface area contributed by atoms with Gasteiger partial charge in [-0.3, -0.25) is 0 Å². The van der Waals surface area contributed by atoms with Crippen molar-refractivity contribution in [3.8, 4) is 11.5 Å². The fourth-order valence-electron chi connectivity index (χ4n) is 4.35. The van der Waals surface area contributed by atoms with Crippen molar-refractivity contribution in [2.75, 3.05) is 27.3 Å². The predicted molar refractivity (Wildman–Crippen MR) is 86.7 cm³/mol. The van der Waals surface area contributed by atoms with Crippen LogP contribution < -0.4 is 9.47 Å². The molecule has 2 aliphatic rings. The van der Waals surface area contributed by atoms with Crippen molar-refractivity contribution < 1.29 is 14.6 Å². The molecule has 0 amide bonds. The van der Waals surface area contributed by atoms with E-state index in [-0.39, 0.29) is 11.5 Å². The minimum Gasteiger partial charge on any atom is -0.493 e.